The quantitative estimate of drug-likeness (QED) is 0.161. The van der Waals surface area contributed by atoms with Gasteiger partial charge >= 0.3 is 0 Å². The number of nitrogens with zero attached hydrogens (tertiary/aromatic N) is 1. The topological polar surface area (TPSA) is 148 Å². The number of benzene rings is 1. The second kappa shape index (κ2) is 18.2. The molecule has 7 atom stereocenters. The number of Topliss-reactive ketones (excluding diaryl/α,β-unsaturated/α-hetero) is 2. The van der Waals surface area contributed by atoms with Gasteiger partial charge in [0.1, 0.15) is 6.04 Å². The summed E-state index contributed by atoms with van der Waals surface area (Å²) in [5.74, 6) is -2.89. The Labute approximate surface area is 258 Å². The third-order valence-corrected chi connectivity index (χ3v) is 8.01. The lowest BCUT2D eigenvalue weighted by Gasteiger charge is -2.37. The molecule has 0 radical (unpaired) electrons. The van der Waals surface area contributed by atoms with Crippen LogP contribution in [0.15, 0.2) is 30.3 Å². The molecule has 2 amide bonds. The molecule has 0 bridgehead atoms. The molecule has 1 rings (SSSR count). The smallest absolute Gasteiger partial charge is 0.245 e. The van der Waals surface area contributed by atoms with Gasteiger partial charge in [-0.3, -0.25) is 19.2 Å². The van der Waals surface area contributed by atoms with Crippen molar-refractivity contribution < 1.29 is 29.4 Å². The van der Waals surface area contributed by atoms with Gasteiger partial charge in [-0.1, -0.05) is 71.9 Å². The Morgan fingerprint density at radius 1 is 0.814 bits per heavy atom. The van der Waals surface area contributed by atoms with E-state index in [0.29, 0.717) is 0 Å². The average molecular weight is 605 g/mol. The third-order valence-electron chi connectivity index (χ3n) is 8.01. The van der Waals surface area contributed by atoms with E-state index in [1.54, 1.807) is 27.9 Å². The van der Waals surface area contributed by atoms with Gasteiger partial charge in [-0.15, -0.1) is 0 Å². The average Bonchev–Trinajstić information content (AvgIpc) is 2.91. The van der Waals surface area contributed by atoms with Gasteiger partial charge in [-0.25, -0.2) is 0 Å². The van der Waals surface area contributed by atoms with Crippen LogP contribution in [0.1, 0.15) is 66.9 Å². The second-order valence-corrected chi connectivity index (χ2v) is 12.7. The van der Waals surface area contributed by atoms with Crippen molar-refractivity contribution in [2.75, 3.05) is 21.1 Å². The van der Waals surface area contributed by atoms with E-state index in [0.717, 1.165) is 5.56 Å². The molecule has 0 aromatic heterocycles. The fourth-order valence-electron chi connectivity index (χ4n) is 5.82. The number of rotatable bonds is 19. The molecule has 1 aromatic carbocycles. The summed E-state index contributed by atoms with van der Waals surface area (Å²) in [6.45, 7) is 12.7. The zero-order valence-corrected chi connectivity index (χ0v) is 27.8. The maximum Gasteiger partial charge on any atom is 0.245 e. The van der Waals surface area contributed by atoms with E-state index in [2.05, 4.69) is 16.0 Å². The van der Waals surface area contributed by atoms with E-state index < -0.39 is 54.0 Å². The zero-order chi connectivity index (χ0) is 33.0. The highest BCUT2D eigenvalue weighted by Crippen LogP contribution is 2.25. The van der Waals surface area contributed by atoms with Crippen molar-refractivity contribution >= 4 is 23.4 Å². The fraction of sp³-hybridized carbons (Fsp3) is 0.697. The van der Waals surface area contributed by atoms with E-state index in [1.807, 2.05) is 58.0 Å². The van der Waals surface area contributed by atoms with E-state index in [4.69, 9.17) is 0 Å². The van der Waals surface area contributed by atoms with Gasteiger partial charge in [-0.2, -0.15) is 0 Å². The van der Waals surface area contributed by atoms with Gasteiger partial charge in [0.2, 0.25) is 11.8 Å². The highest BCUT2D eigenvalue weighted by molar-refractivity contribution is 5.95. The molecule has 3 unspecified atom stereocenters. The van der Waals surface area contributed by atoms with Crippen molar-refractivity contribution in [2.45, 2.75) is 104 Å². The van der Waals surface area contributed by atoms with Gasteiger partial charge in [0, 0.05) is 25.8 Å². The Hall–Kier alpha value is -2.66. The first-order valence-electron chi connectivity index (χ1n) is 15.4. The number of amides is 2. The summed E-state index contributed by atoms with van der Waals surface area (Å²) < 4.78 is 0. The third kappa shape index (κ3) is 11.4. The van der Waals surface area contributed by atoms with E-state index in [-0.39, 0.29) is 48.7 Å². The van der Waals surface area contributed by atoms with Crippen LogP contribution in [-0.4, -0.2) is 96.0 Å². The van der Waals surface area contributed by atoms with Gasteiger partial charge in [-0.05, 0) is 50.8 Å². The van der Waals surface area contributed by atoms with Gasteiger partial charge in [0.15, 0.2) is 11.6 Å². The van der Waals surface area contributed by atoms with Crippen LogP contribution in [0.5, 0.6) is 0 Å². The van der Waals surface area contributed by atoms with Gasteiger partial charge in [0.25, 0.3) is 0 Å². The minimum absolute atomic E-state index is 0.0160. The van der Waals surface area contributed by atoms with Crippen LogP contribution in [0.25, 0.3) is 0 Å². The predicted molar refractivity (Wildman–Crippen MR) is 169 cm³/mol. The minimum atomic E-state index is -1.34. The fourth-order valence-corrected chi connectivity index (χ4v) is 5.82. The number of carbonyl (C=O) groups excluding carboxylic acids is 4. The summed E-state index contributed by atoms with van der Waals surface area (Å²) in [7, 11) is 4.89. The summed E-state index contributed by atoms with van der Waals surface area (Å²) in [5.41, 5.74) is 0.845. The van der Waals surface area contributed by atoms with E-state index in [1.165, 1.54) is 18.9 Å². The van der Waals surface area contributed by atoms with E-state index >= 15 is 0 Å². The molecule has 244 valence electrons. The summed E-state index contributed by atoms with van der Waals surface area (Å²) in [6, 6.07) is 6.40. The maximum atomic E-state index is 14.1. The number of nitrogens with one attached hydrogen (secondary N) is 3. The first kappa shape index (κ1) is 38.4. The van der Waals surface area contributed by atoms with Crippen molar-refractivity contribution in [3.63, 3.8) is 0 Å². The SMILES string of the molecule is CN[C@H](C(=O)CC(O)C(CC(C)O)C(=O)[C@H](C(C)C)N(C)C(=O)[C@@H](Cc1ccccc1)NC(=O)[C@@H](NC)C(C)C)C(C)C. The van der Waals surface area contributed by atoms with Crippen LogP contribution in [0.3, 0.4) is 0 Å². The molecule has 10 nitrogen and oxygen atoms in total. The van der Waals surface area contributed by atoms with Crippen LogP contribution in [0, 0.1) is 23.7 Å². The Kier molecular flexibility index (Phi) is 16.3. The normalized spacial score (nSPS) is 16.7. The first-order chi connectivity index (χ1) is 20.1. The monoisotopic (exact) mass is 604 g/mol. The first-order valence-corrected chi connectivity index (χ1v) is 15.4. The minimum Gasteiger partial charge on any atom is -0.393 e. The van der Waals surface area contributed by atoms with Crippen LogP contribution in [-0.2, 0) is 25.6 Å². The molecule has 0 fully saturated rings. The highest BCUT2D eigenvalue weighted by Gasteiger charge is 2.41. The summed E-state index contributed by atoms with van der Waals surface area (Å²) in [4.78, 5) is 55.7. The van der Waals surface area contributed by atoms with Crippen molar-refractivity contribution in [3.8, 4) is 0 Å². The second-order valence-electron chi connectivity index (χ2n) is 12.7. The maximum absolute atomic E-state index is 14.1. The number of hydrogen-bond donors (Lipinski definition) is 5. The molecule has 43 heavy (non-hydrogen) atoms. The number of carbonyl (C=O) groups is 4. The molecular weight excluding hydrogens is 548 g/mol. The summed E-state index contributed by atoms with van der Waals surface area (Å²) in [5, 5.41) is 30.3. The van der Waals surface area contributed by atoms with E-state index in [9.17, 15) is 29.4 Å². The molecule has 0 aliphatic heterocycles. The molecule has 0 heterocycles. The molecule has 5 N–H and O–H groups in total. The summed E-state index contributed by atoms with van der Waals surface area (Å²) in [6.07, 6.45) is -2.36. The van der Waals surface area contributed by atoms with Crippen molar-refractivity contribution in [2.24, 2.45) is 23.7 Å². The molecule has 1 aromatic rings. The molecular formula is C33H56N4O6. The lowest BCUT2D eigenvalue weighted by molar-refractivity contribution is -0.146. The standard InChI is InChI=1S/C33H56N4O6/c1-19(2)28(34-8)27(40)18-26(39)24(16-22(7)38)31(41)30(21(5)6)37(10)33(43)25(17-23-14-12-11-13-15-23)36-32(42)29(35-9)20(3)4/h11-15,19-22,24-26,28-30,34-35,38-39H,16-18H2,1-10H3,(H,36,42)/t22?,24?,25-,26?,28+,29+,30+/m1/s1. The van der Waals surface area contributed by atoms with Crippen LogP contribution in [0.2, 0.25) is 0 Å². The van der Waals surface area contributed by atoms with Crippen LogP contribution >= 0.6 is 0 Å². The number of aliphatic hydroxyl groups excluding tert-OH is 2. The summed E-state index contributed by atoms with van der Waals surface area (Å²) >= 11 is 0. The van der Waals surface area contributed by atoms with Crippen LogP contribution in [0.4, 0.5) is 0 Å². The van der Waals surface area contributed by atoms with Gasteiger partial charge in [0.05, 0.1) is 30.3 Å². The van der Waals surface area contributed by atoms with Crippen molar-refractivity contribution in [3.05, 3.63) is 35.9 Å². The number of likely N-dealkylation sites (N-methyl/N-ethyl adjacent to an activating group) is 3. The van der Waals surface area contributed by atoms with Crippen molar-refractivity contribution in [1.29, 1.82) is 0 Å². The number of aliphatic hydroxyl groups is 2. The lowest BCUT2D eigenvalue weighted by Crippen LogP contribution is -2.58. The Morgan fingerprint density at radius 3 is 1.79 bits per heavy atom. The zero-order valence-electron chi connectivity index (χ0n) is 27.8. The predicted octanol–water partition coefficient (Wildman–Crippen LogP) is 1.96. The molecule has 0 spiro atoms. The molecule has 0 aliphatic carbocycles. The van der Waals surface area contributed by atoms with Crippen molar-refractivity contribution in [1.82, 2.24) is 20.9 Å². The number of hydrogen-bond acceptors (Lipinski definition) is 8. The number of ketones is 2. The highest BCUT2D eigenvalue weighted by atomic mass is 16.3. The molecule has 0 saturated carbocycles. The van der Waals surface area contributed by atoms with Crippen LogP contribution < -0.4 is 16.0 Å². The largest absolute Gasteiger partial charge is 0.393 e. The molecule has 0 aliphatic rings. The molecule has 0 saturated heterocycles. The Balaban J connectivity index is 3.40. The van der Waals surface area contributed by atoms with Gasteiger partial charge < -0.3 is 31.1 Å². The molecule has 10 heteroatoms. The Bertz CT molecular complexity index is 1030. The lowest BCUT2D eigenvalue weighted by atomic mass is 9.81. The Morgan fingerprint density at radius 2 is 1.35 bits per heavy atom.